The molecule has 0 radical (unpaired) electrons. The van der Waals surface area contributed by atoms with Crippen molar-refractivity contribution in [3.8, 4) is 0 Å². The smallest absolute Gasteiger partial charge is 0.261 e. The first kappa shape index (κ1) is 22.1. The second kappa shape index (κ2) is 9.17. The molecule has 1 heterocycles. The first-order valence-corrected chi connectivity index (χ1v) is 12.4. The lowest BCUT2D eigenvalue weighted by Gasteiger charge is -2.11. The van der Waals surface area contributed by atoms with Crippen LogP contribution in [-0.4, -0.2) is 18.0 Å². The van der Waals surface area contributed by atoms with Gasteiger partial charge in [0.05, 0.1) is 15.9 Å². The van der Waals surface area contributed by atoms with Gasteiger partial charge in [-0.2, -0.15) is 0 Å². The van der Waals surface area contributed by atoms with Crippen molar-refractivity contribution in [2.45, 2.75) is 38.0 Å². The fraction of sp³-hybridized carbons (Fsp3) is 0.269. The lowest BCUT2D eigenvalue weighted by atomic mass is 10.0. The molecule has 4 aromatic rings. The maximum Gasteiger partial charge on any atom is 0.261 e. The Bertz CT molecular complexity index is 1320. The average Bonchev–Trinajstić information content (AvgIpc) is 3.08. The fourth-order valence-corrected chi connectivity index (χ4v) is 5.01. The number of hydrogen-bond donors (Lipinski definition) is 1. The summed E-state index contributed by atoms with van der Waals surface area (Å²) in [5.41, 5.74) is 4.88. The van der Waals surface area contributed by atoms with Crippen molar-refractivity contribution >= 4 is 26.7 Å². The van der Waals surface area contributed by atoms with Gasteiger partial charge in [-0.05, 0) is 66.3 Å². The molecule has 6 heteroatoms. The highest BCUT2D eigenvalue weighted by Gasteiger charge is 2.15. The van der Waals surface area contributed by atoms with Gasteiger partial charge in [0, 0.05) is 19.2 Å². The van der Waals surface area contributed by atoms with Gasteiger partial charge in [-0.25, -0.2) is 13.4 Å². The third kappa shape index (κ3) is 5.02. The quantitative estimate of drug-likeness (QED) is 0.396. The Hall–Kier alpha value is -3.12. The van der Waals surface area contributed by atoms with E-state index >= 15 is 0 Å². The van der Waals surface area contributed by atoms with E-state index in [9.17, 15) is 8.42 Å². The van der Waals surface area contributed by atoms with E-state index < -0.39 is 10.0 Å². The van der Waals surface area contributed by atoms with E-state index in [1.54, 1.807) is 18.2 Å². The molecule has 0 aliphatic carbocycles. The van der Waals surface area contributed by atoms with Crippen molar-refractivity contribution in [3.63, 3.8) is 0 Å². The number of nitrogens with zero attached hydrogens (tertiary/aromatic N) is 2. The number of imidazole rings is 1. The van der Waals surface area contributed by atoms with Gasteiger partial charge in [0.25, 0.3) is 10.0 Å². The van der Waals surface area contributed by atoms with Gasteiger partial charge in [0.1, 0.15) is 5.82 Å². The van der Waals surface area contributed by atoms with Gasteiger partial charge in [0.15, 0.2) is 0 Å². The molecule has 0 aliphatic rings. The minimum atomic E-state index is -3.63. The molecule has 166 valence electrons. The lowest BCUT2D eigenvalue weighted by Crippen LogP contribution is -2.13. The van der Waals surface area contributed by atoms with Crippen molar-refractivity contribution in [2.75, 3.05) is 4.72 Å². The number of rotatable bonds is 8. The number of benzene rings is 3. The monoisotopic (exact) mass is 447 g/mol. The molecule has 0 saturated heterocycles. The molecule has 0 bridgehead atoms. The molecule has 0 aliphatic heterocycles. The van der Waals surface area contributed by atoms with E-state index in [4.69, 9.17) is 4.98 Å². The van der Waals surface area contributed by atoms with Crippen LogP contribution in [0.3, 0.4) is 0 Å². The van der Waals surface area contributed by atoms with Crippen molar-refractivity contribution in [3.05, 3.63) is 89.7 Å². The predicted octanol–water partition coefficient (Wildman–Crippen LogP) is 5.36. The first-order valence-electron chi connectivity index (χ1n) is 10.9. The summed E-state index contributed by atoms with van der Waals surface area (Å²) in [7, 11) is -1.60. The summed E-state index contributed by atoms with van der Waals surface area (Å²) in [5.74, 6) is 1.54. The van der Waals surface area contributed by atoms with Crippen LogP contribution in [0, 0.1) is 5.92 Å². The molecule has 0 unspecified atom stereocenters. The Kier molecular flexibility index (Phi) is 6.33. The molecule has 0 spiro atoms. The number of sulfonamides is 1. The van der Waals surface area contributed by atoms with Crippen LogP contribution >= 0.6 is 0 Å². The number of fused-ring (bicyclic) bond motifs is 1. The van der Waals surface area contributed by atoms with Crippen molar-refractivity contribution in [1.29, 1.82) is 0 Å². The summed E-state index contributed by atoms with van der Waals surface area (Å²) in [6.45, 7) is 4.30. The fourth-order valence-electron chi connectivity index (χ4n) is 3.96. The molecule has 0 atom stereocenters. The van der Waals surface area contributed by atoms with Gasteiger partial charge >= 0.3 is 0 Å². The number of hydrogen-bond acceptors (Lipinski definition) is 3. The third-order valence-corrected chi connectivity index (χ3v) is 6.97. The molecule has 1 N–H and O–H groups in total. The van der Waals surface area contributed by atoms with Crippen molar-refractivity contribution in [1.82, 2.24) is 9.55 Å². The highest BCUT2D eigenvalue weighted by atomic mass is 32.2. The van der Waals surface area contributed by atoms with Gasteiger partial charge in [-0.1, -0.05) is 50.2 Å². The number of nitrogens with one attached hydrogen (secondary N) is 1. The Morgan fingerprint density at radius 3 is 2.38 bits per heavy atom. The van der Waals surface area contributed by atoms with Gasteiger partial charge in [0.2, 0.25) is 0 Å². The summed E-state index contributed by atoms with van der Waals surface area (Å²) >= 11 is 0. The van der Waals surface area contributed by atoms with Gasteiger partial charge in [-0.15, -0.1) is 0 Å². The third-order valence-electron chi connectivity index (χ3n) is 5.57. The molecule has 4 rings (SSSR count). The first-order chi connectivity index (χ1) is 15.3. The lowest BCUT2D eigenvalue weighted by molar-refractivity contribution is 0.601. The second-order valence-corrected chi connectivity index (χ2v) is 10.3. The molecule has 0 saturated carbocycles. The van der Waals surface area contributed by atoms with Crippen LogP contribution in [0.25, 0.3) is 11.0 Å². The molecular weight excluding hydrogens is 418 g/mol. The van der Waals surface area contributed by atoms with E-state index in [0.717, 1.165) is 47.2 Å². The zero-order valence-electron chi connectivity index (χ0n) is 18.7. The van der Waals surface area contributed by atoms with E-state index in [-0.39, 0.29) is 4.90 Å². The van der Waals surface area contributed by atoms with E-state index in [0.29, 0.717) is 11.6 Å². The van der Waals surface area contributed by atoms with Crippen LogP contribution in [0.1, 0.15) is 30.8 Å². The zero-order chi connectivity index (χ0) is 22.7. The molecular formula is C26H29N3O2S. The largest absolute Gasteiger partial charge is 0.331 e. The zero-order valence-corrected chi connectivity index (χ0v) is 19.6. The Morgan fingerprint density at radius 2 is 1.66 bits per heavy atom. The highest BCUT2D eigenvalue weighted by Crippen LogP contribution is 2.20. The Labute approximate surface area is 190 Å². The number of anilines is 1. The maximum absolute atomic E-state index is 12.8. The van der Waals surface area contributed by atoms with E-state index in [2.05, 4.69) is 29.2 Å². The standard InChI is InChI=1S/C26H29N3O2S/c1-19(2)17-21-11-14-23(15-12-21)32(30,31)28-22-8-6-7-20(18-22)13-16-26-27-24-9-4-5-10-25(24)29(26)3/h4-12,14-15,18-19,28H,13,16-17H2,1-3H3. The van der Waals surface area contributed by atoms with Crippen molar-refractivity contribution in [2.24, 2.45) is 13.0 Å². The number of aromatic nitrogens is 2. The molecule has 3 aromatic carbocycles. The normalized spacial score (nSPS) is 11.9. The highest BCUT2D eigenvalue weighted by molar-refractivity contribution is 7.92. The summed E-state index contributed by atoms with van der Waals surface area (Å²) in [5, 5.41) is 0. The molecule has 1 aromatic heterocycles. The second-order valence-electron chi connectivity index (χ2n) is 8.62. The topological polar surface area (TPSA) is 64.0 Å². The molecule has 32 heavy (non-hydrogen) atoms. The van der Waals surface area contributed by atoms with Gasteiger partial charge < -0.3 is 4.57 Å². The van der Waals surface area contributed by atoms with Crippen LogP contribution < -0.4 is 4.72 Å². The van der Waals surface area contributed by atoms with Crippen LogP contribution in [0.4, 0.5) is 5.69 Å². The average molecular weight is 448 g/mol. The minimum absolute atomic E-state index is 0.273. The SMILES string of the molecule is CC(C)Cc1ccc(S(=O)(=O)Nc2cccc(CCc3nc4ccccc4n3C)c2)cc1. The number of aryl methyl sites for hydroxylation is 3. The van der Waals surface area contributed by atoms with Crippen LogP contribution in [0.5, 0.6) is 0 Å². The minimum Gasteiger partial charge on any atom is -0.331 e. The number of para-hydroxylation sites is 2. The molecule has 0 fully saturated rings. The Morgan fingerprint density at radius 1 is 0.906 bits per heavy atom. The summed E-state index contributed by atoms with van der Waals surface area (Å²) in [6, 6.07) is 22.8. The molecule has 5 nitrogen and oxygen atoms in total. The summed E-state index contributed by atoms with van der Waals surface area (Å²) in [6.07, 6.45) is 2.48. The van der Waals surface area contributed by atoms with Crippen LogP contribution in [-0.2, 0) is 36.3 Å². The summed E-state index contributed by atoms with van der Waals surface area (Å²) in [4.78, 5) is 5.00. The van der Waals surface area contributed by atoms with E-state index in [1.165, 1.54) is 0 Å². The Balaban J connectivity index is 1.45. The van der Waals surface area contributed by atoms with Crippen LogP contribution in [0.2, 0.25) is 0 Å². The molecule has 0 amide bonds. The van der Waals surface area contributed by atoms with Gasteiger partial charge in [-0.3, -0.25) is 4.72 Å². The predicted molar refractivity (Wildman–Crippen MR) is 130 cm³/mol. The maximum atomic E-state index is 12.8. The van der Waals surface area contributed by atoms with Crippen molar-refractivity contribution < 1.29 is 8.42 Å². The van der Waals surface area contributed by atoms with Crippen LogP contribution in [0.15, 0.2) is 77.7 Å². The summed E-state index contributed by atoms with van der Waals surface area (Å²) < 4.78 is 30.5. The van der Waals surface area contributed by atoms with E-state index in [1.807, 2.05) is 55.6 Å².